The summed E-state index contributed by atoms with van der Waals surface area (Å²) in [6.07, 6.45) is 7.01. The highest BCUT2D eigenvalue weighted by Crippen LogP contribution is 2.32. The topological polar surface area (TPSA) is 26.8 Å². The highest BCUT2D eigenvalue weighted by molar-refractivity contribution is 5.97. The zero-order valence-corrected chi connectivity index (χ0v) is 27.9. The molecule has 2 fully saturated rings. The van der Waals surface area contributed by atoms with Gasteiger partial charge in [0.25, 0.3) is 5.91 Å². The van der Waals surface area contributed by atoms with Crippen LogP contribution in [0.4, 0.5) is 5.69 Å². The molecule has 0 atom stereocenters. The lowest BCUT2D eigenvalue weighted by atomic mass is 9.88. The summed E-state index contributed by atoms with van der Waals surface area (Å²) in [6.45, 7) is 10.2. The first kappa shape index (κ1) is 32.1. The second-order valence-corrected chi connectivity index (χ2v) is 13.6. The van der Waals surface area contributed by atoms with E-state index in [0.717, 1.165) is 63.1 Å². The third-order valence-electron chi connectivity index (χ3n) is 10.2. The van der Waals surface area contributed by atoms with E-state index in [9.17, 15) is 4.79 Å². The second-order valence-electron chi connectivity index (χ2n) is 13.6. The Bertz CT molecular complexity index is 1470. The number of nitrogens with zero attached hydrogens (tertiary/aromatic N) is 3. The summed E-state index contributed by atoms with van der Waals surface area (Å²) in [5.41, 5.74) is 7.23. The summed E-state index contributed by atoms with van der Waals surface area (Å²) < 4.78 is 0. The number of benzene rings is 4. The van der Waals surface area contributed by atoms with Crippen LogP contribution in [0.1, 0.15) is 96.8 Å². The van der Waals surface area contributed by atoms with Crippen molar-refractivity contribution in [2.75, 3.05) is 37.6 Å². The van der Waals surface area contributed by atoms with Crippen LogP contribution in [0, 0.1) is 0 Å². The first-order chi connectivity index (χ1) is 22.6. The van der Waals surface area contributed by atoms with E-state index in [4.69, 9.17) is 0 Å². The minimum atomic E-state index is 0.202. The van der Waals surface area contributed by atoms with Gasteiger partial charge in [0.1, 0.15) is 0 Å². The number of hydrogen-bond acceptors (Lipinski definition) is 3. The number of piperazine rings is 1. The largest absolute Gasteiger partial charge is 0.369 e. The van der Waals surface area contributed by atoms with Crippen LogP contribution in [0.15, 0.2) is 109 Å². The van der Waals surface area contributed by atoms with E-state index in [-0.39, 0.29) is 11.8 Å². The lowest BCUT2D eigenvalue weighted by Crippen LogP contribution is -2.47. The van der Waals surface area contributed by atoms with Gasteiger partial charge in [0.2, 0.25) is 0 Å². The first-order valence-electron chi connectivity index (χ1n) is 17.6. The van der Waals surface area contributed by atoms with Gasteiger partial charge in [-0.05, 0) is 66.1 Å². The Morgan fingerprint density at radius 2 is 1.33 bits per heavy atom. The monoisotopic (exact) mass is 613 g/mol. The normalized spacial score (nSPS) is 16.2. The third kappa shape index (κ3) is 7.90. The summed E-state index contributed by atoms with van der Waals surface area (Å²) in [6, 6.07) is 39.5. The SMILES string of the molecule is CC(C)c1ccc(N2CCN(CCC(c3ccccc3)c3ccccc3)CC2)cc1C(=O)N(Cc1ccccc1)C1CCCCC1. The zero-order valence-electron chi connectivity index (χ0n) is 27.9. The lowest BCUT2D eigenvalue weighted by molar-refractivity contribution is 0.0612. The summed E-state index contributed by atoms with van der Waals surface area (Å²) >= 11 is 0. The van der Waals surface area contributed by atoms with E-state index in [0.29, 0.717) is 18.5 Å². The molecular formula is C42H51N3O. The van der Waals surface area contributed by atoms with Crippen molar-refractivity contribution in [3.8, 4) is 0 Å². The average Bonchev–Trinajstić information content (AvgIpc) is 3.12. The minimum absolute atomic E-state index is 0.202. The Hall–Kier alpha value is -3.89. The van der Waals surface area contributed by atoms with Gasteiger partial charge in [0, 0.05) is 55.9 Å². The second kappa shape index (κ2) is 15.6. The molecule has 0 aromatic heterocycles. The Morgan fingerprint density at radius 3 is 1.91 bits per heavy atom. The predicted octanol–water partition coefficient (Wildman–Crippen LogP) is 9.13. The van der Waals surface area contributed by atoms with Crippen molar-refractivity contribution >= 4 is 11.6 Å². The molecule has 0 radical (unpaired) electrons. The van der Waals surface area contributed by atoms with Gasteiger partial charge in [-0.25, -0.2) is 0 Å². The van der Waals surface area contributed by atoms with Crippen LogP contribution in [-0.2, 0) is 6.54 Å². The van der Waals surface area contributed by atoms with Gasteiger partial charge >= 0.3 is 0 Å². The molecule has 1 saturated carbocycles. The molecule has 2 aliphatic rings. The van der Waals surface area contributed by atoms with Crippen LogP contribution in [0.2, 0.25) is 0 Å². The molecule has 6 rings (SSSR count). The molecule has 0 unspecified atom stereocenters. The Labute approximate surface area is 277 Å². The maximum Gasteiger partial charge on any atom is 0.254 e. The van der Waals surface area contributed by atoms with Gasteiger partial charge in [-0.1, -0.05) is 130 Å². The van der Waals surface area contributed by atoms with Gasteiger partial charge in [-0.3, -0.25) is 9.69 Å². The predicted molar refractivity (Wildman–Crippen MR) is 192 cm³/mol. The van der Waals surface area contributed by atoms with E-state index in [1.54, 1.807) is 0 Å². The molecule has 0 bridgehead atoms. The summed E-state index contributed by atoms with van der Waals surface area (Å²) in [5.74, 6) is 0.894. The van der Waals surface area contributed by atoms with Crippen LogP contribution in [0.25, 0.3) is 0 Å². The number of amides is 1. The molecule has 1 aliphatic heterocycles. The number of carbonyl (C=O) groups is 1. The lowest BCUT2D eigenvalue weighted by Gasteiger charge is -2.38. The van der Waals surface area contributed by atoms with Gasteiger partial charge < -0.3 is 9.80 Å². The maximum atomic E-state index is 14.5. The van der Waals surface area contributed by atoms with Gasteiger partial charge in [0.05, 0.1) is 0 Å². The Kier molecular flexibility index (Phi) is 10.9. The minimum Gasteiger partial charge on any atom is -0.369 e. The van der Waals surface area contributed by atoms with E-state index in [1.165, 1.54) is 41.6 Å². The van der Waals surface area contributed by atoms with E-state index >= 15 is 0 Å². The number of hydrogen-bond donors (Lipinski definition) is 0. The van der Waals surface area contributed by atoms with Crippen LogP contribution in [-0.4, -0.2) is 54.5 Å². The molecule has 1 saturated heterocycles. The fourth-order valence-electron chi connectivity index (χ4n) is 7.56. The van der Waals surface area contributed by atoms with Crippen molar-refractivity contribution in [2.24, 2.45) is 0 Å². The summed E-state index contributed by atoms with van der Waals surface area (Å²) in [7, 11) is 0. The number of rotatable bonds is 11. The molecule has 0 spiro atoms. The molecule has 4 nitrogen and oxygen atoms in total. The number of carbonyl (C=O) groups excluding carboxylic acids is 1. The molecule has 1 heterocycles. The van der Waals surface area contributed by atoms with Crippen LogP contribution in [0.3, 0.4) is 0 Å². The molecule has 46 heavy (non-hydrogen) atoms. The highest BCUT2D eigenvalue weighted by atomic mass is 16.2. The van der Waals surface area contributed by atoms with Crippen molar-refractivity contribution in [3.05, 3.63) is 137 Å². The van der Waals surface area contributed by atoms with E-state index in [2.05, 4.69) is 138 Å². The zero-order chi connectivity index (χ0) is 31.7. The molecule has 240 valence electrons. The molecule has 4 aromatic carbocycles. The van der Waals surface area contributed by atoms with Crippen molar-refractivity contribution < 1.29 is 4.79 Å². The van der Waals surface area contributed by atoms with Crippen molar-refractivity contribution in [3.63, 3.8) is 0 Å². The van der Waals surface area contributed by atoms with Crippen molar-refractivity contribution in [2.45, 2.75) is 76.8 Å². The summed E-state index contributed by atoms with van der Waals surface area (Å²) in [5, 5.41) is 0. The number of anilines is 1. The fourth-order valence-corrected chi connectivity index (χ4v) is 7.56. The van der Waals surface area contributed by atoms with Crippen molar-refractivity contribution in [1.82, 2.24) is 9.80 Å². The first-order valence-corrected chi connectivity index (χ1v) is 17.6. The molecule has 4 aromatic rings. The van der Waals surface area contributed by atoms with Crippen molar-refractivity contribution in [1.29, 1.82) is 0 Å². The van der Waals surface area contributed by atoms with Gasteiger partial charge in [0.15, 0.2) is 0 Å². The molecule has 0 N–H and O–H groups in total. The smallest absolute Gasteiger partial charge is 0.254 e. The van der Waals surface area contributed by atoms with E-state index in [1.807, 2.05) is 0 Å². The molecule has 1 amide bonds. The molecular weight excluding hydrogens is 562 g/mol. The van der Waals surface area contributed by atoms with Crippen LogP contribution < -0.4 is 4.90 Å². The fraction of sp³-hybridized carbons (Fsp3) is 0.405. The maximum absolute atomic E-state index is 14.5. The molecule has 1 aliphatic carbocycles. The Morgan fingerprint density at radius 1 is 0.739 bits per heavy atom. The van der Waals surface area contributed by atoms with Gasteiger partial charge in [-0.15, -0.1) is 0 Å². The van der Waals surface area contributed by atoms with Gasteiger partial charge in [-0.2, -0.15) is 0 Å². The highest BCUT2D eigenvalue weighted by Gasteiger charge is 2.29. The standard InChI is InChI=1S/C42H51N3O/c1-33(2)39-24-23-38(31-41(39)42(46)45(37-21-13-6-14-22-37)32-34-15-7-3-8-16-34)44-29-27-43(28-30-44)26-25-40(35-17-9-4-10-18-35)36-19-11-5-12-20-36/h3-5,7-12,15-20,23-24,31,33,37,40H,6,13-14,21-22,25-30,32H2,1-2H3. The Balaban J connectivity index is 1.15. The quantitative estimate of drug-likeness (QED) is 0.169. The van der Waals surface area contributed by atoms with Crippen LogP contribution >= 0.6 is 0 Å². The average molecular weight is 614 g/mol. The third-order valence-corrected chi connectivity index (χ3v) is 10.2. The van der Waals surface area contributed by atoms with E-state index < -0.39 is 0 Å². The van der Waals surface area contributed by atoms with Crippen LogP contribution in [0.5, 0.6) is 0 Å². The summed E-state index contributed by atoms with van der Waals surface area (Å²) in [4.78, 5) is 21.9. The molecule has 4 heteroatoms.